The molecule has 0 aliphatic carbocycles. The molecule has 0 amide bonds. The van der Waals surface area contributed by atoms with Crippen LogP contribution in [0.1, 0.15) is 36.0 Å². The molecule has 0 bridgehead atoms. The van der Waals surface area contributed by atoms with Crippen molar-refractivity contribution in [1.82, 2.24) is 0 Å². The van der Waals surface area contributed by atoms with Gasteiger partial charge < -0.3 is 14.8 Å². The van der Waals surface area contributed by atoms with Gasteiger partial charge in [0.25, 0.3) is 5.17 Å². The Labute approximate surface area is 120 Å². The molecule has 0 aliphatic heterocycles. The van der Waals surface area contributed by atoms with Crippen molar-refractivity contribution in [3.63, 3.8) is 0 Å². The minimum atomic E-state index is -0.392. The fourth-order valence-electron chi connectivity index (χ4n) is 1.41. The van der Waals surface area contributed by atoms with Gasteiger partial charge in [-0.2, -0.15) is 0 Å². The maximum Gasteiger partial charge on any atom is 0.261 e. The van der Waals surface area contributed by atoms with E-state index in [1.807, 2.05) is 34.6 Å². The molecule has 0 fully saturated rings. The number of nitrogens with one attached hydrogen (secondary N) is 1. The Hall–Kier alpha value is -1.36. The third-order valence-electron chi connectivity index (χ3n) is 1.88. The Bertz CT molecular complexity index is 461. The molecule has 0 saturated carbocycles. The molecule has 1 N–H and O–H groups in total. The van der Waals surface area contributed by atoms with Gasteiger partial charge in [0.15, 0.2) is 0 Å². The average molecular weight is 287 g/mol. The van der Waals surface area contributed by atoms with E-state index in [9.17, 15) is 4.39 Å². The first-order chi connectivity index (χ1) is 8.65. The summed E-state index contributed by atoms with van der Waals surface area (Å²) < 4.78 is 24.4. The van der Waals surface area contributed by atoms with Gasteiger partial charge in [0.1, 0.15) is 17.2 Å². The predicted molar refractivity (Wildman–Crippen MR) is 81.3 cm³/mol. The van der Waals surface area contributed by atoms with Crippen LogP contribution in [0.25, 0.3) is 0 Å². The zero-order chi connectivity index (χ0) is 14.6. The second-order valence-electron chi connectivity index (χ2n) is 5.47. The normalized spacial score (nSPS) is 11.3. The number of rotatable bonds is 3. The molecule has 0 aromatic heterocycles. The number of ether oxygens (including phenoxy) is 2. The lowest BCUT2D eigenvalue weighted by Gasteiger charge is -2.22. The van der Waals surface area contributed by atoms with Gasteiger partial charge in [0.2, 0.25) is 0 Å². The minimum absolute atomic E-state index is 0. The van der Waals surface area contributed by atoms with Gasteiger partial charge in [-0.15, -0.1) is 0 Å². The van der Waals surface area contributed by atoms with E-state index in [1.54, 1.807) is 6.07 Å². The van der Waals surface area contributed by atoms with Crippen molar-refractivity contribution in [2.45, 2.75) is 46.3 Å². The maximum atomic E-state index is 13.5. The molecule has 0 heterocycles. The first kappa shape index (κ1) is 15.7. The van der Waals surface area contributed by atoms with Crippen molar-refractivity contribution < 1.29 is 15.3 Å². The second kappa shape index (κ2) is 6.19. The van der Waals surface area contributed by atoms with E-state index < -0.39 is 5.82 Å². The monoisotopic (exact) mass is 287 g/mol. The molecular weight excluding hydrogens is 265 g/mol. The predicted octanol–water partition coefficient (Wildman–Crippen LogP) is 4.37. The zero-order valence-electron chi connectivity index (χ0n) is 11.9. The van der Waals surface area contributed by atoms with E-state index in [1.165, 1.54) is 12.1 Å². The van der Waals surface area contributed by atoms with Gasteiger partial charge in [-0.05, 0) is 52.9 Å². The third kappa shape index (κ3) is 6.38. The number of thiocarbonyl (C=S) groups is 1. The van der Waals surface area contributed by atoms with E-state index in [0.29, 0.717) is 11.4 Å². The van der Waals surface area contributed by atoms with Crippen LogP contribution < -0.4 is 10.1 Å². The van der Waals surface area contributed by atoms with Gasteiger partial charge >= 0.3 is 0 Å². The maximum absolute atomic E-state index is 13.5. The SMILES string of the molecule is CC(C)OC(=S)Nc1cc(F)cc(OC(C)(C)C)c1.[HH]. The van der Waals surface area contributed by atoms with Crippen LogP contribution in [0.4, 0.5) is 10.1 Å². The first-order valence-corrected chi connectivity index (χ1v) is 6.54. The van der Waals surface area contributed by atoms with Crippen molar-refractivity contribution in [3.8, 4) is 5.75 Å². The van der Waals surface area contributed by atoms with E-state index >= 15 is 0 Å². The molecule has 0 saturated heterocycles. The van der Waals surface area contributed by atoms with Crippen LogP contribution in [0.2, 0.25) is 0 Å². The highest BCUT2D eigenvalue weighted by atomic mass is 32.1. The summed E-state index contributed by atoms with van der Waals surface area (Å²) in [6.07, 6.45) is -0.0288. The number of benzene rings is 1. The highest BCUT2D eigenvalue weighted by Gasteiger charge is 2.13. The van der Waals surface area contributed by atoms with Gasteiger partial charge in [-0.25, -0.2) is 4.39 Å². The molecule has 0 unspecified atom stereocenters. The van der Waals surface area contributed by atoms with Crippen LogP contribution >= 0.6 is 12.2 Å². The summed E-state index contributed by atoms with van der Waals surface area (Å²) in [4.78, 5) is 0. The molecule has 0 radical (unpaired) electrons. The molecular formula is C14H22FNO2S. The third-order valence-corrected chi connectivity index (χ3v) is 2.08. The smallest absolute Gasteiger partial charge is 0.261 e. The highest BCUT2D eigenvalue weighted by Crippen LogP contribution is 2.24. The molecule has 1 rings (SSSR count). The standard InChI is InChI=1S/C14H20FNO2S.H2/c1-9(2)17-13(19)16-11-6-10(15)7-12(8-11)18-14(3,4)5;/h6-9H,1-5H3,(H,16,19);1H. The molecule has 0 aliphatic rings. The Kier molecular flexibility index (Phi) is 5.11. The molecule has 19 heavy (non-hydrogen) atoms. The Morgan fingerprint density at radius 3 is 2.47 bits per heavy atom. The average Bonchev–Trinajstić information content (AvgIpc) is 2.10. The number of hydrogen-bond donors (Lipinski definition) is 1. The summed E-state index contributed by atoms with van der Waals surface area (Å²) >= 11 is 5.01. The quantitative estimate of drug-likeness (QED) is 0.836. The Balaban J connectivity index is 0.00000361. The van der Waals surface area contributed by atoms with Crippen LogP contribution in [0.3, 0.4) is 0 Å². The Morgan fingerprint density at radius 1 is 1.32 bits per heavy atom. The van der Waals surface area contributed by atoms with Crippen LogP contribution in [0.15, 0.2) is 18.2 Å². The van der Waals surface area contributed by atoms with Crippen molar-refractivity contribution in [2.24, 2.45) is 0 Å². The van der Waals surface area contributed by atoms with E-state index in [4.69, 9.17) is 21.7 Å². The van der Waals surface area contributed by atoms with Crippen molar-refractivity contribution in [1.29, 1.82) is 0 Å². The summed E-state index contributed by atoms with van der Waals surface area (Å²) in [5.74, 6) is 0.0546. The molecule has 0 atom stereocenters. The fourth-order valence-corrected chi connectivity index (χ4v) is 1.72. The van der Waals surface area contributed by atoms with Gasteiger partial charge in [-0.3, -0.25) is 0 Å². The zero-order valence-corrected chi connectivity index (χ0v) is 12.7. The second-order valence-corrected chi connectivity index (χ2v) is 5.84. The first-order valence-electron chi connectivity index (χ1n) is 6.13. The van der Waals surface area contributed by atoms with Crippen LogP contribution in [-0.2, 0) is 4.74 Å². The van der Waals surface area contributed by atoms with Crippen LogP contribution in [0.5, 0.6) is 5.75 Å². The number of anilines is 1. The van der Waals surface area contributed by atoms with Gasteiger partial charge in [-0.1, -0.05) is 0 Å². The lowest BCUT2D eigenvalue weighted by molar-refractivity contribution is 0.130. The molecule has 5 heteroatoms. The summed E-state index contributed by atoms with van der Waals surface area (Å²) in [6.45, 7) is 9.44. The summed E-state index contributed by atoms with van der Waals surface area (Å²) in [5, 5.41) is 3.04. The number of halogens is 1. The number of hydrogen-bond acceptors (Lipinski definition) is 3. The molecule has 1 aromatic carbocycles. The largest absolute Gasteiger partial charge is 0.488 e. The molecule has 108 valence electrons. The van der Waals surface area contributed by atoms with E-state index in [-0.39, 0.29) is 18.3 Å². The summed E-state index contributed by atoms with van der Waals surface area (Å²) in [7, 11) is 0. The summed E-state index contributed by atoms with van der Waals surface area (Å²) in [6, 6.07) is 4.36. The Morgan fingerprint density at radius 2 is 1.95 bits per heavy atom. The van der Waals surface area contributed by atoms with Crippen LogP contribution in [0, 0.1) is 5.82 Å². The van der Waals surface area contributed by atoms with E-state index in [2.05, 4.69) is 5.32 Å². The lowest BCUT2D eigenvalue weighted by atomic mass is 10.2. The summed E-state index contributed by atoms with van der Waals surface area (Å²) in [5.41, 5.74) is 0.116. The van der Waals surface area contributed by atoms with Crippen molar-refractivity contribution >= 4 is 23.1 Å². The highest BCUT2D eigenvalue weighted by molar-refractivity contribution is 7.80. The van der Waals surface area contributed by atoms with Crippen LogP contribution in [-0.4, -0.2) is 16.9 Å². The van der Waals surface area contributed by atoms with Gasteiger partial charge in [0, 0.05) is 19.2 Å². The molecule has 0 spiro atoms. The van der Waals surface area contributed by atoms with Crippen molar-refractivity contribution in [3.05, 3.63) is 24.0 Å². The minimum Gasteiger partial charge on any atom is -0.488 e. The van der Waals surface area contributed by atoms with Gasteiger partial charge in [0.05, 0.1) is 6.10 Å². The topological polar surface area (TPSA) is 30.5 Å². The fraction of sp³-hybridized carbons (Fsp3) is 0.500. The van der Waals surface area contributed by atoms with Crippen molar-refractivity contribution in [2.75, 3.05) is 5.32 Å². The molecule has 3 nitrogen and oxygen atoms in total. The lowest BCUT2D eigenvalue weighted by Crippen LogP contribution is -2.23. The van der Waals surface area contributed by atoms with E-state index in [0.717, 1.165) is 0 Å². The molecule has 1 aromatic rings.